The molecule has 0 radical (unpaired) electrons. The molecule has 3 aromatic carbocycles. The summed E-state index contributed by atoms with van der Waals surface area (Å²) in [5, 5.41) is 1.32. The number of hydrogen-bond acceptors (Lipinski definition) is 6. The maximum absolute atomic E-state index is 13.0. The lowest BCUT2D eigenvalue weighted by molar-refractivity contribution is -0.116. The van der Waals surface area contributed by atoms with Gasteiger partial charge in [-0.3, -0.25) is 19.3 Å². The van der Waals surface area contributed by atoms with E-state index in [9.17, 15) is 9.59 Å². The SMILES string of the molecule is CN(OCc1ccccc1)C(=O)c1ccc2c(c1)CCO[C@H]2CCN1CCN(c2ccc(C(N)=O)cc2)CC1. The molecule has 5 rings (SSSR count). The molecule has 2 heterocycles. The van der Waals surface area contributed by atoms with Gasteiger partial charge < -0.3 is 15.4 Å². The number of nitrogens with two attached hydrogens (primary N) is 1. The number of benzene rings is 3. The molecule has 2 aliphatic heterocycles. The molecule has 0 unspecified atom stereocenters. The molecule has 3 aromatic rings. The minimum atomic E-state index is -0.402. The van der Waals surface area contributed by atoms with E-state index in [0.717, 1.165) is 56.8 Å². The number of amides is 2. The number of nitrogens with zero attached hydrogens (tertiary/aromatic N) is 3. The predicted molar refractivity (Wildman–Crippen MR) is 150 cm³/mol. The summed E-state index contributed by atoms with van der Waals surface area (Å²) in [7, 11) is 1.66. The first-order chi connectivity index (χ1) is 19.0. The molecule has 2 aliphatic rings. The number of carbonyl (C=O) groups is 2. The number of hydrogen-bond donors (Lipinski definition) is 1. The van der Waals surface area contributed by atoms with E-state index in [0.29, 0.717) is 24.3 Å². The Balaban J connectivity index is 1.12. The van der Waals surface area contributed by atoms with E-state index >= 15 is 0 Å². The fourth-order valence-corrected chi connectivity index (χ4v) is 5.26. The summed E-state index contributed by atoms with van der Waals surface area (Å²) in [6.45, 7) is 5.77. The zero-order valence-electron chi connectivity index (χ0n) is 22.4. The molecule has 8 heteroatoms. The monoisotopic (exact) mass is 528 g/mol. The van der Waals surface area contributed by atoms with Crippen molar-refractivity contribution in [3.63, 3.8) is 0 Å². The van der Waals surface area contributed by atoms with Gasteiger partial charge in [-0.2, -0.15) is 0 Å². The number of anilines is 1. The molecule has 0 aromatic heterocycles. The topological polar surface area (TPSA) is 88.3 Å². The summed E-state index contributed by atoms with van der Waals surface area (Å²) < 4.78 is 6.16. The Labute approximate surface area is 229 Å². The molecule has 1 saturated heterocycles. The van der Waals surface area contributed by atoms with Crippen LogP contribution in [0.1, 0.15) is 49.9 Å². The third-order valence-electron chi connectivity index (χ3n) is 7.58. The van der Waals surface area contributed by atoms with Gasteiger partial charge in [0.25, 0.3) is 5.91 Å². The van der Waals surface area contributed by atoms with Crippen LogP contribution in [0.4, 0.5) is 5.69 Å². The molecule has 0 saturated carbocycles. The molecular weight excluding hydrogens is 492 g/mol. The standard InChI is InChI=1S/C31H36N4O4/c1-33(39-22-23-5-3-2-4-6-23)31(37)26-9-12-28-25(21-26)14-20-38-29(28)13-15-34-16-18-35(19-17-34)27-10-7-24(8-11-27)30(32)36/h2-12,21,29H,13-20,22H2,1H3,(H2,32,36)/t29-/m0/s1. The van der Waals surface area contributed by atoms with Gasteiger partial charge in [0.05, 0.1) is 12.7 Å². The van der Waals surface area contributed by atoms with Crippen LogP contribution in [0.5, 0.6) is 0 Å². The van der Waals surface area contributed by atoms with Crippen molar-refractivity contribution < 1.29 is 19.2 Å². The Bertz CT molecular complexity index is 1270. The normalized spacial score (nSPS) is 17.5. The summed E-state index contributed by atoms with van der Waals surface area (Å²) in [5.74, 6) is -0.556. The Morgan fingerprint density at radius 2 is 1.69 bits per heavy atom. The summed E-state index contributed by atoms with van der Waals surface area (Å²) in [4.78, 5) is 34.8. The van der Waals surface area contributed by atoms with Crippen molar-refractivity contribution in [3.05, 3.63) is 101 Å². The molecule has 2 N–H and O–H groups in total. The number of rotatable bonds is 9. The van der Waals surface area contributed by atoms with Gasteiger partial charge in [-0.1, -0.05) is 36.4 Å². The van der Waals surface area contributed by atoms with E-state index in [-0.39, 0.29) is 12.0 Å². The quantitative estimate of drug-likeness (QED) is 0.425. The van der Waals surface area contributed by atoms with Crippen molar-refractivity contribution in [2.24, 2.45) is 5.73 Å². The van der Waals surface area contributed by atoms with E-state index in [1.807, 2.05) is 60.7 Å². The number of ether oxygens (including phenoxy) is 1. The molecule has 1 fully saturated rings. The van der Waals surface area contributed by atoms with Gasteiger partial charge in [0.2, 0.25) is 5.91 Å². The van der Waals surface area contributed by atoms with Crippen molar-refractivity contribution in [3.8, 4) is 0 Å². The lowest BCUT2D eigenvalue weighted by Crippen LogP contribution is -2.47. The smallest absolute Gasteiger partial charge is 0.277 e. The lowest BCUT2D eigenvalue weighted by Gasteiger charge is -2.37. The fourth-order valence-electron chi connectivity index (χ4n) is 5.26. The van der Waals surface area contributed by atoms with Crippen molar-refractivity contribution >= 4 is 17.5 Å². The van der Waals surface area contributed by atoms with Crippen LogP contribution in [0.15, 0.2) is 72.8 Å². The van der Waals surface area contributed by atoms with Crippen LogP contribution in [0.2, 0.25) is 0 Å². The van der Waals surface area contributed by atoms with Crippen molar-refractivity contribution in [1.82, 2.24) is 9.96 Å². The van der Waals surface area contributed by atoms with Crippen LogP contribution in [0.3, 0.4) is 0 Å². The maximum Gasteiger partial charge on any atom is 0.277 e. The number of primary amides is 1. The molecule has 204 valence electrons. The number of hydroxylamine groups is 2. The Morgan fingerprint density at radius 1 is 0.974 bits per heavy atom. The van der Waals surface area contributed by atoms with E-state index in [4.69, 9.17) is 15.3 Å². The summed E-state index contributed by atoms with van der Waals surface area (Å²) in [5.41, 5.74) is 11.0. The lowest BCUT2D eigenvalue weighted by atomic mass is 9.93. The van der Waals surface area contributed by atoms with Gasteiger partial charge in [0.1, 0.15) is 6.61 Å². The molecule has 0 aliphatic carbocycles. The van der Waals surface area contributed by atoms with Crippen LogP contribution in [-0.2, 0) is 22.6 Å². The zero-order valence-corrected chi connectivity index (χ0v) is 22.4. The highest BCUT2D eigenvalue weighted by molar-refractivity contribution is 5.94. The molecule has 1 atom stereocenters. The van der Waals surface area contributed by atoms with Crippen LogP contribution >= 0.6 is 0 Å². The van der Waals surface area contributed by atoms with Crippen LogP contribution in [-0.4, -0.2) is 68.2 Å². The summed E-state index contributed by atoms with van der Waals surface area (Å²) >= 11 is 0. The first-order valence-corrected chi connectivity index (χ1v) is 13.5. The van der Waals surface area contributed by atoms with Gasteiger partial charge >= 0.3 is 0 Å². The van der Waals surface area contributed by atoms with Crippen molar-refractivity contribution in [2.45, 2.75) is 25.6 Å². The average molecular weight is 529 g/mol. The molecule has 0 spiro atoms. The molecule has 8 nitrogen and oxygen atoms in total. The van der Waals surface area contributed by atoms with Gasteiger partial charge in [-0.05, 0) is 65.9 Å². The summed E-state index contributed by atoms with van der Waals surface area (Å²) in [6.07, 6.45) is 1.74. The maximum atomic E-state index is 13.0. The highest BCUT2D eigenvalue weighted by atomic mass is 16.7. The largest absolute Gasteiger partial charge is 0.373 e. The predicted octanol–water partition coefficient (Wildman–Crippen LogP) is 3.82. The Morgan fingerprint density at radius 3 is 2.41 bits per heavy atom. The average Bonchev–Trinajstić information content (AvgIpc) is 2.99. The fraction of sp³-hybridized carbons (Fsp3) is 0.355. The van der Waals surface area contributed by atoms with Crippen molar-refractivity contribution in [1.29, 1.82) is 0 Å². The highest BCUT2D eigenvalue weighted by Gasteiger charge is 2.25. The van der Waals surface area contributed by atoms with Crippen LogP contribution in [0, 0.1) is 0 Å². The van der Waals surface area contributed by atoms with Crippen LogP contribution < -0.4 is 10.6 Å². The van der Waals surface area contributed by atoms with E-state index in [2.05, 4.69) is 9.80 Å². The number of fused-ring (bicyclic) bond motifs is 1. The summed E-state index contributed by atoms with van der Waals surface area (Å²) in [6, 6.07) is 23.3. The third-order valence-corrected chi connectivity index (χ3v) is 7.58. The van der Waals surface area contributed by atoms with Crippen LogP contribution in [0.25, 0.3) is 0 Å². The van der Waals surface area contributed by atoms with Gasteiger partial charge in [-0.25, -0.2) is 5.06 Å². The first-order valence-electron chi connectivity index (χ1n) is 13.5. The van der Waals surface area contributed by atoms with Crippen molar-refractivity contribution in [2.75, 3.05) is 51.3 Å². The minimum absolute atomic E-state index is 0.0318. The first kappa shape index (κ1) is 26.9. The minimum Gasteiger partial charge on any atom is -0.373 e. The van der Waals surface area contributed by atoms with E-state index in [1.54, 1.807) is 19.2 Å². The second-order valence-electron chi connectivity index (χ2n) is 10.1. The zero-order chi connectivity index (χ0) is 27.2. The number of piperazine rings is 1. The van der Waals surface area contributed by atoms with E-state index in [1.165, 1.54) is 16.2 Å². The van der Waals surface area contributed by atoms with Gasteiger partial charge in [0.15, 0.2) is 0 Å². The molecule has 39 heavy (non-hydrogen) atoms. The Hall–Kier alpha value is -3.72. The highest BCUT2D eigenvalue weighted by Crippen LogP contribution is 2.31. The molecular formula is C31H36N4O4. The van der Waals surface area contributed by atoms with Gasteiger partial charge in [0, 0.05) is 56.6 Å². The molecule has 2 amide bonds. The third kappa shape index (κ3) is 6.65. The second-order valence-corrected chi connectivity index (χ2v) is 10.1. The van der Waals surface area contributed by atoms with E-state index < -0.39 is 5.91 Å². The second kappa shape index (κ2) is 12.4. The molecule has 0 bridgehead atoms. The number of carbonyl (C=O) groups excluding carboxylic acids is 2. The van der Waals surface area contributed by atoms with Gasteiger partial charge in [-0.15, -0.1) is 0 Å². The Kier molecular flexibility index (Phi) is 8.56.